The van der Waals surface area contributed by atoms with E-state index in [2.05, 4.69) is 6.08 Å². The van der Waals surface area contributed by atoms with Crippen molar-refractivity contribution >= 4 is 0 Å². The molecule has 2 rings (SSSR count). The molecule has 0 aliphatic carbocycles. The molecule has 0 fully saturated rings. The molecule has 1 N–H and O–H groups in total. The maximum absolute atomic E-state index is 10.2. The normalized spacial score (nSPS) is 24.9. The molecule has 1 heterocycles. The Morgan fingerprint density at radius 3 is 2.57 bits per heavy atom. The van der Waals surface area contributed by atoms with Gasteiger partial charge in [0.25, 0.3) is 12.3 Å². The molecule has 14 heavy (non-hydrogen) atoms. The fourth-order valence-corrected chi connectivity index (χ4v) is 1.39. The lowest BCUT2D eigenvalue weighted by Crippen LogP contribution is -2.25. The van der Waals surface area contributed by atoms with E-state index in [9.17, 15) is 5.11 Å². The van der Waals surface area contributed by atoms with Gasteiger partial charge in [-0.05, 0) is 0 Å². The number of hydrogen-bond donors (Lipinski definition) is 1. The summed E-state index contributed by atoms with van der Waals surface area (Å²) in [6.45, 7) is 0. The number of rotatable bonds is 1. The minimum absolute atomic E-state index is 0.834. The highest BCUT2D eigenvalue weighted by molar-refractivity contribution is 5.31. The van der Waals surface area contributed by atoms with Crippen molar-refractivity contribution in [2.45, 2.75) is 5.60 Å². The van der Waals surface area contributed by atoms with E-state index in [1.54, 1.807) is 12.3 Å². The van der Waals surface area contributed by atoms with Crippen LogP contribution in [0.5, 0.6) is 0 Å². The second-order valence-corrected chi connectivity index (χ2v) is 3.39. The zero-order valence-corrected chi connectivity index (χ0v) is 8.01. The highest BCUT2D eigenvalue weighted by Crippen LogP contribution is 2.25. The highest BCUT2D eigenvalue weighted by Gasteiger charge is 2.38. The lowest BCUT2D eigenvalue weighted by Gasteiger charge is -2.14. The van der Waals surface area contributed by atoms with Gasteiger partial charge >= 0.3 is 5.60 Å². The molecule has 2 nitrogen and oxygen atoms in total. The van der Waals surface area contributed by atoms with Crippen molar-refractivity contribution in [1.82, 2.24) is 4.90 Å². The molecule has 1 unspecified atom stereocenters. The van der Waals surface area contributed by atoms with Gasteiger partial charge in [-0.15, -0.1) is 0 Å². The van der Waals surface area contributed by atoms with E-state index < -0.39 is 5.60 Å². The lowest BCUT2D eigenvalue weighted by atomic mass is 9.92. The van der Waals surface area contributed by atoms with Crippen LogP contribution in [0, 0.1) is 6.08 Å². The topological polar surface area (TPSA) is 23.5 Å². The van der Waals surface area contributed by atoms with Crippen molar-refractivity contribution in [3.63, 3.8) is 0 Å². The van der Waals surface area contributed by atoms with E-state index in [4.69, 9.17) is 0 Å². The fraction of sp³-hybridized carbons (Fsp3) is 0.167. The molecule has 0 amide bonds. The van der Waals surface area contributed by atoms with Crippen molar-refractivity contribution in [3.8, 4) is 0 Å². The van der Waals surface area contributed by atoms with Gasteiger partial charge in [-0.2, -0.15) is 0 Å². The average molecular weight is 186 g/mol. The molecule has 2 heteroatoms. The lowest BCUT2D eigenvalue weighted by molar-refractivity contribution is 0.128. The zero-order valence-electron chi connectivity index (χ0n) is 8.01. The van der Waals surface area contributed by atoms with Gasteiger partial charge in [-0.1, -0.05) is 30.3 Å². The Hall–Kier alpha value is -1.63. The maximum atomic E-state index is 10.2. The Morgan fingerprint density at radius 1 is 1.29 bits per heavy atom. The van der Waals surface area contributed by atoms with E-state index in [1.807, 2.05) is 48.5 Å². The summed E-state index contributed by atoms with van der Waals surface area (Å²) in [5.74, 6) is 0. The Labute approximate surface area is 83.8 Å². The smallest absolute Gasteiger partial charge is 0.332 e. The summed E-state index contributed by atoms with van der Waals surface area (Å²) >= 11 is 0. The molecule has 70 valence electrons. The summed E-state index contributed by atoms with van der Waals surface area (Å²) in [5.41, 5.74) is -0.242. The first-order valence-corrected chi connectivity index (χ1v) is 4.51. The first-order valence-electron chi connectivity index (χ1n) is 4.51. The standard InChI is InChI=1S/C12H12NO/c1-13-9-7-12(14,8-10-13)11-5-3-2-4-6-11/h2-7,9-10,14H,1H3/q+1. The van der Waals surface area contributed by atoms with Crippen LogP contribution in [0.1, 0.15) is 5.56 Å². The molecule has 0 bridgehead atoms. The van der Waals surface area contributed by atoms with E-state index in [-0.39, 0.29) is 0 Å². The van der Waals surface area contributed by atoms with Crippen LogP contribution < -0.4 is 0 Å². The first kappa shape index (κ1) is 8.95. The van der Waals surface area contributed by atoms with Crippen LogP contribution in [0.4, 0.5) is 0 Å². The quantitative estimate of drug-likeness (QED) is 0.674. The summed E-state index contributed by atoms with van der Waals surface area (Å²) in [7, 11) is 1.90. The molecule has 0 saturated heterocycles. The van der Waals surface area contributed by atoms with E-state index in [0.717, 1.165) is 5.56 Å². The highest BCUT2D eigenvalue weighted by atomic mass is 16.3. The SMILES string of the molecule is CN1C=[C+]C(O)(c2ccccc2)C=C1. The van der Waals surface area contributed by atoms with Crippen LogP contribution in [0.2, 0.25) is 0 Å². The van der Waals surface area contributed by atoms with Gasteiger partial charge in [-0.3, -0.25) is 0 Å². The van der Waals surface area contributed by atoms with Crippen molar-refractivity contribution in [1.29, 1.82) is 0 Å². The maximum Gasteiger partial charge on any atom is 0.332 e. The third-order valence-electron chi connectivity index (χ3n) is 2.25. The van der Waals surface area contributed by atoms with Gasteiger partial charge in [0.15, 0.2) is 0 Å². The fourth-order valence-electron chi connectivity index (χ4n) is 1.39. The molecule has 1 aliphatic rings. The van der Waals surface area contributed by atoms with Gasteiger partial charge in [0.2, 0.25) is 0 Å². The van der Waals surface area contributed by atoms with Crippen LogP contribution in [-0.4, -0.2) is 17.1 Å². The van der Waals surface area contributed by atoms with E-state index in [0.29, 0.717) is 0 Å². The molecular formula is C12H12NO+. The van der Waals surface area contributed by atoms with Crippen molar-refractivity contribution in [3.05, 3.63) is 60.4 Å². The summed E-state index contributed by atoms with van der Waals surface area (Å²) in [6.07, 6.45) is 8.21. The van der Waals surface area contributed by atoms with E-state index in [1.165, 1.54) is 0 Å². The number of benzene rings is 1. The molecule has 1 aliphatic heterocycles. The summed E-state index contributed by atoms with van der Waals surface area (Å²) in [5, 5.41) is 10.2. The molecular weight excluding hydrogens is 174 g/mol. The summed E-state index contributed by atoms with van der Waals surface area (Å²) in [4.78, 5) is 1.84. The minimum atomic E-state index is -1.08. The second kappa shape index (κ2) is 3.26. The predicted molar refractivity (Wildman–Crippen MR) is 55.1 cm³/mol. The number of hydrogen-bond acceptors (Lipinski definition) is 2. The van der Waals surface area contributed by atoms with Crippen LogP contribution in [0.3, 0.4) is 0 Å². The van der Waals surface area contributed by atoms with Crippen molar-refractivity contribution < 1.29 is 5.11 Å². The predicted octanol–water partition coefficient (Wildman–Crippen LogP) is 1.65. The Bertz CT molecular complexity index is 353. The zero-order chi connectivity index (χ0) is 10.0. The molecule has 0 aromatic heterocycles. The van der Waals surface area contributed by atoms with Gasteiger partial charge in [-0.25, -0.2) is 0 Å². The monoisotopic (exact) mass is 186 g/mol. The second-order valence-electron chi connectivity index (χ2n) is 3.39. The number of aliphatic hydroxyl groups is 1. The molecule has 1 aromatic rings. The molecule has 1 aromatic carbocycles. The van der Waals surface area contributed by atoms with Gasteiger partial charge in [0, 0.05) is 24.9 Å². The molecule has 0 saturated carbocycles. The van der Waals surface area contributed by atoms with Gasteiger partial charge < -0.3 is 10.0 Å². The Balaban J connectivity index is 2.35. The number of nitrogens with zero attached hydrogens (tertiary/aromatic N) is 1. The van der Waals surface area contributed by atoms with Crippen LogP contribution >= 0.6 is 0 Å². The molecule has 0 spiro atoms. The largest absolute Gasteiger partial charge is 0.336 e. The minimum Gasteiger partial charge on any atom is -0.336 e. The van der Waals surface area contributed by atoms with Gasteiger partial charge in [0.05, 0.1) is 0 Å². The summed E-state index contributed by atoms with van der Waals surface area (Å²) in [6, 6.07) is 9.50. The van der Waals surface area contributed by atoms with Crippen LogP contribution in [0.25, 0.3) is 0 Å². The Morgan fingerprint density at radius 2 is 2.00 bits per heavy atom. The van der Waals surface area contributed by atoms with Gasteiger partial charge in [0.1, 0.15) is 0 Å². The van der Waals surface area contributed by atoms with Crippen molar-refractivity contribution in [2.24, 2.45) is 0 Å². The third kappa shape index (κ3) is 1.53. The van der Waals surface area contributed by atoms with Crippen molar-refractivity contribution in [2.75, 3.05) is 7.05 Å². The Kier molecular flexibility index (Phi) is 2.08. The van der Waals surface area contributed by atoms with E-state index >= 15 is 0 Å². The van der Waals surface area contributed by atoms with Crippen LogP contribution in [0.15, 0.2) is 48.8 Å². The third-order valence-corrected chi connectivity index (χ3v) is 2.25. The molecule has 0 radical (unpaired) electrons. The molecule has 1 atom stereocenters. The summed E-state index contributed by atoms with van der Waals surface area (Å²) < 4.78 is 0. The van der Waals surface area contributed by atoms with Crippen LogP contribution in [-0.2, 0) is 5.60 Å². The average Bonchev–Trinajstić information content (AvgIpc) is 2.24. The first-order chi connectivity index (χ1) is 6.71.